The molecule has 0 aliphatic carbocycles. The SMILES string of the molecule is COC(=O)C1Cc2ccccc2CN1C(=O)CSc1nc(N)cc(N)n1. The first-order valence-corrected chi connectivity index (χ1v) is 8.93. The molecular weight excluding hydrogens is 354 g/mol. The number of ether oxygens (including phenoxy) is 1. The molecule has 0 bridgehead atoms. The highest BCUT2D eigenvalue weighted by Gasteiger charge is 2.35. The molecule has 0 fully saturated rings. The third kappa shape index (κ3) is 3.88. The number of nitrogen functional groups attached to an aromatic ring is 2. The van der Waals surface area contributed by atoms with Crippen LogP contribution >= 0.6 is 11.8 Å². The van der Waals surface area contributed by atoms with Gasteiger partial charge >= 0.3 is 5.97 Å². The Kier molecular flexibility index (Phi) is 5.27. The largest absolute Gasteiger partial charge is 0.467 e. The molecule has 1 aliphatic heterocycles. The maximum atomic E-state index is 12.8. The van der Waals surface area contributed by atoms with Gasteiger partial charge in [-0.1, -0.05) is 36.0 Å². The number of carbonyl (C=O) groups is 2. The van der Waals surface area contributed by atoms with Crippen LogP contribution in [0.4, 0.5) is 11.6 Å². The lowest BCUT2D eigenvalue weighted by Gasteiger charge is -2.35. The first-order chi connectivity index (χ1) is 12.5. The molecule has 2 aromatic rings. The predicted molar refractivity (Wildman–Crippen MR) is 98.1 cm³/mol. The van der Waals surface area contributed by atoms with E-state index in [0.29, 0.717) is 18.1 Å². The van der Waals surface area contributed by atoms with Crippen molar-refractivity contribution in [3.8, 4) is 0 Å². The predicted octanol–water partition coefficient (Wildman–Crippen LogP) is 0.860. The number of aromatic nitrogens is 2. The van der Waals surface area contributed by atoms with Gasteiger partial charge in [-0.05, 0) is 11.1 Å². The van der Waals surface area contributed by atoms with Gasteiger partial charge in [-0.2, -0.15) is 0 Å². The Morgan fingerprint density at radius 1 is 1.23 bits per heavy atom. The van der Waals surface area contributed by atoms with Gasteiger partial charge in [0.2, 0.25) is 5.91 Å². The average molecular weight is 373 g/mol. The van der Waals surface area contributed by atoms with Gasteiger partial charge in [-0.3, -0.25) is 4.79 Å². The van der Waals surface area contributed by atoms with E-state index in [1.165, 1.54) is 18.1 Å². The topological polar surface area (TPSA) is 124 Å². The summed E-state index contributed by atoms with van der Waals surface area (Å²) in [6, 6.07) is 8.55. The lowest BCUT2D eigenvalue weighted by Crippen LogP contribution is -2.49. The first kappa shape index (κ1) is 18.0. The minimum absolute atomic E-state index is 0.0680. The highest BCUT2D eigenvalue weighted by Crippen LogP contribution is 2.26. The molecule has 1 unspecified atom stereocenters. The number of amides is 1. The zero-order valence-electron chi connectivity index (χ0n) is 14.2. The summed E-state index contributed by atoms with van der Waals surface area (Å²) in [6.45, 7) is 0.356. The van der Waals surface area contributed by atoms with E-state index >= 15 is 0 Å². The summed E-state index contributed by atoms with van der Waals surface area (Å²) in [5, 5.41) is 0.322. The maximum Gasteiger partial charge on any atom is 0.328 e. The number of hydrogen-bond acceptors (Lipinski definition) is 8. The number of nitrogens with two attached hydrogens (primary N) is 2. The molecule has 0 saturated carbocycles. The van der Waals surface area contributed by atoms with E-state index in [1.807, 2.05) is 24.3 Å². The van der Waals surface area contributed by atoms with Crippen LogP contribution in [0, 0.1) is 0 Å². The van der Waals surface area contributed by atoms with Crippen molar-refractivity contribution < 1.29 is 14.3 Å². The van der Waals surface area contributed by atoms with Crippen molar-refractivity contribution >= 4 is 35.3 Å². The van der Waals surface area contributed by atoms with Gasteiger partial charge in [0.25, 0.3) is 0 Å². The molecule has 1 aliphatic rings. The fourth-order valence-electron chi connectivity index (χ4n) is 2.87. The van der Waals surface area contributed by atoms with E-state index in [2.05, 4.69) is 9.97 Å². The lowest BCUT2D eigenvalue weighted by atomic mass is 9.94. The van der Waals surface area contributed by atoms with Crippen molar-refractivity contribution in [3.63, 3.8) is 0 Å². The lowest BCUT2D eigenvalue weighted by molar-refractivity contribution is -0.153. The highest BCUT2D eigenvalue weighted by molar-refractivity contribution is 7.99. The van der Waals surface area contributed by atoms with Crippen molar-refractivity contribution in [2.75, 3.05) is 24.3 Å². The minimum atomic E-state index is -0.644. The van der Waals surface area contributed by atoms with Crippen molar-refractivity contribution in [1.29, 1.82) is 0 Å². The standard InChI is InChI=1S/C17H19N5O3S/c1-25-16(24)12-6-10-4-2-3-5-11(10)8-22(12)15(23)9-26-17-20-13(18)7-14(19)21-17/h2-5,7,12H,6,8-9H2,1H3,(H4,18,19,20,21). The monoisotopic (exact) mass is 373 g/mol. The van der Waals surface area contributed by atoms with Crippen LogP contribution in [-0.4, -0.2) is 45.6 Å². The molecule has 1 aromatic heterocycles. The normalized spacial score (nSPS) is 16.0. The van der Waals surface area contributed by atoms with Crippen molar-refractivity contribution in [1.82, 2.24) is 14.9 Å². The Labute approximate surface area is 154 Å². The fourth-order valence-corrected chi connectivity index (χ4v) is 3.63. The van der Waals surface area contributed by atoms with Crippen LogP contribution in [-0.2, 0) is 27.3 Å². The summed E-state index contributed by atoms with van der Waals surface area (Å²) in [4.78, 5) is 34.6. The molecule has 0 spiro atoms. The molecule has 0 radical (unpaired) electrons. The average Bonchev–Trinajstić information content (AvgIpc) is 2.63. The number of fused-ring (bicyclic) bond motifs is 1. The number of methoxy groups -OCH3 is 1. The second-order valence-electron chi connectivity index (χ2n) is 5.82. The molecule has 3 rings (SSSR count). The Balaban J connectivity index is 1.76. The van der Waals surface area contributed by atoms with Gasteiger partial charge < -0.3 is 21.1 Å². The Morgan fingerprint density at radius 2 is 1.88 bits per heavy atom. The molecule has 0 saturated heterocycles. The van der Waals surface area contributed by atoms with Crippen LogP contribution in [0.3, 0.4) is 0 Å². The molecule has 2 heterocycles. The molecule has 4 N–H and O–H groups in total. The van der Waals surface area contributed by atoms with E-state index in [-0.39, 0.29) is 23.3 Å². The Morgan fingerprint density at radius 3 is 2.54 bits per heavy atom. The third-order valence-corrected chi connectivity index (χ3v) is 4.94. The Hall–Kier alpha value is -2.81. The van der Waals surface area contributed by atoms with E-state index in [4.69, 9.17) is 16.2 Å². The number of nitrogens with zero attached hydrogens (tertiary/aromatic N) is 3. The number of rotatable bonds is 4. The zero-order chi connectivity index (χ0) is 18.7. The van der Waals surface area contributed by atoms with Gasteiger partial charge in [-0.15, -0.1) is 0 Å². The van der Waals surface area contributed by atoms with E-state index in [9.17, 15) is 9.59 Å². The number of thioether (sulfide) groups is 1. The smallest absolute Gasteiger partial charge is 0.328 e. The van der Waals surface area contributed by atoms with Crippen molar-refractivity contribution in [3.05, 3.63) is 41.5 Å². The fraction of sp³-hybridized carbons (Fsp3) is 0.294. The summed E-state index contributed by atoms with van der Waals surface area (Å²) < 4.78 is 4.88. The highest BCUT2D eigenvalue weighted by atomic mass is 32.2. The van der Waals surface area contributed by atoms with Gasteiger partial charge in [-0.25, -0.2) is 14.8 Å². The molecule has 26 heavy (non-hydrogen) atoms. The molecule has 9 heteroatoms. The first-order valence-electron chi connectivity index (χ1n) is 7.95. The van der Waals surface area contributed by atoms with Gasteiger partial charge in [0, 0.05) is 19.0 Å². The van der Waals surface area contributed by atoms with E-state index in [0.717, 1.165) is 22.9 Å². The van der Waals surface area contributed by atoms with Gasteiger partial charge in [0.15, 0.2) is 5.16 Å². The quantitative estimate of drug-likeness (QED) is 0.459. The second-order valence-corrected chi connectivity index (χ2v) is 6.76. The molecule has 1 atom stereocenters. The van der Waals surface area contributed by atoms with Crippen molar-refractivity contribution in [2.45, 2.75) is 24.2 Å². The third-order valence-electron chi connectivity index (χ3n) is 4.11. The minimum Gasteiger partial charge on any atom is -0.467 e. The second kappa shape index (κ2) is 7.61. The van der Waals surface area contributed by atoms with Gasteiger partial charge in [0.05, 0.1) is 12.9 Å². The summed E-state index contributed by atoms with van der Waals surface area (Å²) in [7, 11) is 1.32. The molecule has 1 amide bonds. The van der Waals surface area contributed by atoms with Crippen LogP contribution in [0.2, 0.25) is 0 Å². The van der Waals surface area contributed by atoms with E-state index in [1.54, 1.807) is 0 Å². The van der Waals surface area contributed by atoms with Crippen LogP contribution in [0.1, 0.15) is 11.1 Å². The van der Waals surface area contributed by atoms with Crippen LogP contribution in [0.5, 0.6) is 0 Å². The maximum absolute atomic E-state index is 12.8. The van der Waals surface area contributed by atoms with Crippen LogP contribution in [0.15, 0.2) is 35.5 Å². The summed E-state index contributed by atoms with van der Waals surface area (Å²) in [5.41, 5.74) is 13.4. The molecular formula is C17H19N5O3S. The number of anilines is 2. The summed E-state index contributed by atoms with van der Waals surface area (Å²) in [5.74, 6) is -0.0798. The van der Waals surface area contributed by atoms with Crippen LogP contribution < -0.4 is 11.5 Å². The molecule has 1 aromatic carbocycles. The number of hydrogen-bond donors (Lipinski definition) is 2. The van der Waals surface area contributed by atoms with Crippen molar-refractivity contribution in [2.24, 2.45) is 0 Å². The summed E-state index contributed by atoms with van der Waals surface area (Å²) >= 11 is 1.13. The van der Waals surface area contributed by atoms with Gasteiger partial charge in [0.1, 0.15) is 17.7 Å². The molecule has 136 valence electrons. The number of carbonyl (C=O) groups excluding carboxylic acids is 2. The summed E-state index contributed by atoms with van der Waals surface area (Å²) in [6.07, 6.45) is 0.432. The Bertz CT molecular complexity index is 825. The van der Waals surface area contributed by atoms with E-state index < -0.39 is 12.0 Å². The number of esters is 1. The van der Waals surface area contributed by atoms with Crippen LogP contribution in [0.25, 0.3) is 0 Å². The molecule has 8 nitrogen and oxygen atoms in total. The zero-order valence-corrected chi connectivity index (χ0v) is 15.0. The number of benzene rings is 1.